The molecule has 0 bridgehead atoms. The minimum atomic E-state index is -1.24. The topological polar surface area (TPSA) is 20.2 Å². The molecule has 3 heteroatoms. The lowest BCUT2D eigenvalue weighted by Crippen LogP contribution is -2.39. The Morgan fingerprint density at radius 1 is 1.00 bits per heavy atom. The summed E-state index contributed by atoms with van der Waals surface area (Å²) in [7, 11) is -2.36. The van der Waals surface area contributed by atoms with Crippen molar-refractivity contribution in [2.24, 2.45) is 5.92 Å². The van der Waals surface area contributed by atoms with E-state index in [9.17, 15) is 5.11 Å². The summed E-state index contributed by atoms with van der Waals surface area (Å²) < 4.78 is 0. The Morgan fingerprint density at radius 3 is 2.00 bits per heavy atom. The summed E-state index contributed by atoms with van der Waals surface area (Å²) in [5.41, 5.74) is 3.15. The Kier molecular flexibility index (Phi) is 5.45. The summed E-state index contributed by atoms with van der Waals surface area (Å²) in [5.74, 6) is 0.526. The predicted molar refractivity (Wildman–Crippen MR) is 87.5 cm³/mol. The molecule has 1 saturated carbocycles. The van der Waals surface area contributed by atoms with Crippen molar-refractivity contribution in [3.8, 4) is 0 Å². The Hall–Kier alpha value is 0.134. The van der Waals surface area contributed by atoms with Gasteiger partial charge in [0.15, 0.2) is 0 Å². The van der Waals surface area contributed by atoms with Crippen LogP contribution in [0, 0.1) is 5.92 Å². The third-order valence-corrected chi connectivity index (χ3v) is 7.86. The maximum Gasteiger partial charge on any atom is 0.0682 e. The van der Waals surface area contributed by atoms with E-state index in [4.69, 9.17) is 0 Å². The second-order valence-corrected chi connectivity index (χ2v) is 18.6. The highest BCUT2D eigenvalue weighted by Gasteiger charge is 2.37. The molecule has 1 N–H and O–H groups in total. The molecule has 0 aromatic carbocycles. The van der Waals surface area contributed by atoms with Crippen LogP contribution in [0.1, 0.15) is 25.7 Å². The molecule has 1 aliphatic carbocycles. The number of aliphatic hydroxyl groups is 1. The van der Waals surface area contributed by atoms with Gasteiger partial charge in [0.05, 0.1) is 22.3 Å². The number of aliphatic hydroxyl groups excluding tert-OH is 1. The van der Waals surface area contributed by atoms with Gasteiger partial charge in [-0.2, -0.15) is 0 Å². The van der Waals surface area contributed by atoms with Crippen LogP contribution in [0.25, 0.3) is 0 Å². The van der Waals surface area contributed by atoms with Crippen LogP contribution in [-0.4, -0.2) is 27.4 Å². The quantitative estimate of drug-likeness (QED) is 0.743. The second kappa shape index (κ2) is 6.06. The molecular weight excluding hydrogens is 252 g/mol. The van der Waals surface area contributed by atoms with E-state index in [1.54, 1.807) is 0 Å². The SMILES string of the molecule is C[Si](C)(C)/C=C/C([C@@H]1CCCC[C@H]1O)[Si](C)(C)C. The molecule has 0 heterocycles. The molecule has 0 radical (unpaired) electrons. The fourth-order valence-electron chi connectivity index (χ4n) is 3.02. The molecule has 18 heavy (non-hydrogen) atoms. The molecular formula is C15H32OSi2. The van der Waals surface area contributed by atoms with Crippen LogP contribution in [0.5, 0.6) is 0 Å². The van der Waals surface area contributed by atoms with Crippen LogP contribution >= 0.6 is 0 Å². The van der Waals surface area contributed by atoms with Crippen LogP contribution in [0.4, 0.5) is 0 Å². The summed E-state index contributed by atoms with van der Waals surface area (Å²) in [4.78, 5) is 0. The van der Waals surface area contributed by atoms with E-state index in [0.717, 1.165) is 6.42 Å². The minimum Gasteiger partial charge on any atom is -0.393 e. The first kappa shape index (κ1) is 16.2. The average Bonchev–Trinajstić information content (AvgIpc) is 2.17. The number of hydrogen-bond acceptors (Lipinski definition) is 1. The van der Waals surface area contributed by atoms with Gasteiger partial charge in [-0.1, -0.05) is 63.9 Å². The van der Waals surface area contributed by atoms with Gasteiger partial charge in [-0.3, -0.25) is 0 Å². The van der Waals surface area contributed by atoms with Crippen molar-refractivity contribution in [3.05, 3.63) is 11.8 Å². The summed E-state index contributed by atoms with van der Waals surface area (Å²) in [6.45, 7) is 14.5. The molecule has 3 atom stereocenters. The van der Waals surface area contributed by atoms with Crippen LogP contribution in [-0.2, 0) is 0 Å². The fraction of sp³-hybridized carbons (Fsp3) is 0.867. The molecule has 1 nitrogen and oxygen atoms in total. The maximum atomic E-state index is 10.3. The zero-order valence-electron chi connectivity index (χ0n) is 13.2. The van der Waals surface area contributed by atoms with Gasteiger partial charge in [0.1, 0.15) is 0 Å². The van der Waals surface area contributed by atoms with Crippen LogP contribution in [0.3, 0.4) is 0 Å². The lowest BCUT2D eigenvalue weighted by atomic mass is 9.84. The van der Waals surface area contributed by atoms with E-state index in [1.165, 1.54) is 19.3 Å². The van der Waals surface area contributed by atoms with E-state index in [1.807, 2.05) is 0 Å². The van der Waals surface area contributed by atoms with Crippen LogP contribution in [0.2, 0.25) is 44.8 Å². The smallest absolute Gasteiger partial charge is 0.0682 e. The van der Waals surface area contributed by atoms with Crippen molar-refractivity contribution in [1.29, 1.82) is 0 Å². The molecule has 1 unspecified atom stereocenters. The molecule has 0 aromatic heterocycles. The monoisotopic (exact) mass is 284 g/mol. The van der Waals surface area contributed by atoms with Crippen molar-refractivity contribution in [2.75, 3.05) is 0 Å². The molecule has 0 amide bonds. The van der Waals surface area contributed by atoms with E-state index < -0.39 is 16.1 Å². The first-order valence-corrected chi connectivity index (χ1v) is 14.6. The fourth-order valence-corrected chi connectivity index (χ4v) is 6.35. The Bertz CT molecular complexity index is 286. The van der Waals surface area contributed by atoms with E-state index >= 15 is 0 Å². The normalized spacial score (nSPS) is 28.6. The first-order chi connectivity index (χ1) is 8.11. The van der Waals surface area contributed by atoms with E-state index in [0.29, 0.717) is 11.5 Å². The van der Waals surface area contributed by atoms with Crippen molar-refractivity contribution in [3.63, 3.8) is 0 Å². The Labute approximate surface area is 116 Å². The summed E-state index contributed by atoms with van der Waals surface area (Å²) in [6, 6.07) is 0. The van der Waals surface area contributed by atoms with Crippen molar-refractivity contribution >= 4 is 16.1 Å². The number of allylic oxidation sites excluding steroid dienone is 1. The summed E-state index contributed by atoms with van der Waals surface area (Å²) >= 11 is 0. The molecule has 0 aromatic rings. The molecule has 1 rings (SSSR count). The molecule has 1 fully saturated rings. The minimum absolute atomic E-state index is 0.0539. The van der Waals surface area contributed by atoms with Crippen molar-refractivity contribution < 1.29 is 5.11 Å². The largest absolute Gasteiger partial charge is 0.393 e. The van der Waals surface area contributed by atoms with Crippen LogP contribution in [0.15, 0.2) is 11.8 Å². The maximum absolute atomic E-state index is 10.3. The van der Waals surface area contributed by atoms with Gasteiger partial charge in [0.25, 0.3) is 0 Å². The van der Waals surface area contributed by atoms with Crippen molar-refractivity contribution in [2.45, 2.75) is 76.6 Å². The first-order valence-electron chi connectivity index (χ1n) is 7.49. The Morgan fingerprint density at radius 2 is 1.56 bits per heavy atom. The average molecular weight is 285 g/mol. The molecule has 106 valence electrons. The third kappa shape index (κ3) is 5.02. The van der Waals surface area contributed by atoms with Gasteiger partial charge in [0.2, 0.25) is 0 Å². The lowest BCUT2D eigenvalue weighted by molar-refractivity contribution is 0.0705. The van der Waals surface area contributed by atoms with Gasteiger partial charge in [-0.25, -0.2) is 0 Å². The highest BCUT2D eigenvalue weighted by Crippen LogP contribution is 2.40. The standard InChI is InChI=1S/C15H32OSi2/c1-17(2,3)12-11-15(18(4,5)6)13-9-7-8-10-14(13)16/h11-16H,7-10H2,1-6H3/b12-11+/t13-,14-,15?/m1/s1. The number of rotatable bonds is 4. The van der Waals surface area contributed by atoms with Gasteiger partial charge in [-0.15, -0.1) is 0 Å². The second-order valence-electron chi connectivity index (χ2n) is 8.13. The predicted octanol–water partition coefficient (Wildman–Crippen LogP) is 4.68. The highest BCUT2D eigenvalue weighted by molar-refractivity contribution is 6.81. The number of hydrogen-bond donors (Lipinski definition) is 1. The van der Waals surface area contributed by atoms with Gasteiger partial charge in [-0.05, 0) is 24.3 Å². The summed E-state index contributed by atoms with van der Waals surface area (Å²) in [6.07, 6.45) is 7.22. The van der Waals surface area contributed by atoms with Gasteiger partial charge >= 0.3 is 0 Å². The van der Waals surface area contributed by atoms with E-state index in [-0.39, 0.29) is 6.10 Å². The van der Waals surface area contributed by atoms with Crippen molar-refractivity contribution in [1.82, 2.24) is 0 Å². The zero-order chi connectivity index (χ0) is 14.0. The lowest BCUT2D eigenvalue weighted by Gasteiger charge is -2.39. The molecule has 0 saturated heterocycles. The molecule has 0 spiro atoms. The molecule has 0 aliphatic heterocycles. The third-order valence-electron chi connectivity index (χ3n) is 4.05. The van der Waals surface area contributed by atoms with E-state index in [2.05, 4.69) is 51.1 Å². The Balaban J connectivity index is 2.88. The highest BCUT2D eigenvalue weighted by atomic mass is 28.3. The van der Waals surface area contributed by atoms with Gasteiger partial charge in [0, 0.05) is 0 Å². The zero-order valence-corrected chi connectivity index (χ0v) is 15.2. The van der Waals surface area contributed by atoms with Gasteiger partial charge < -0.3 is 5.11 Å². The summed E-state index contributed by atoms with van der Waals surface area (Å²) in [5, 5.41) is 10.3. The van der Waals surface area contributed by atoms with Crippen LogP contribution < -0.4 is 0 Å². The molecule has 1 aliphatic rings.